The van der Waals surface area contributed by atoms with Gasteiger partial charge in [-0.2, -0.15) is 0 Å². The number of anilines is 1. The number of fused-ring (bicyclic) bond motifs is 1. The van der Waals surface area contributed by atoms with Gasteiger partial charge in [-0.25, -0.2) is 0 Å². The quantitative estimate of drug-likeness (QED) is 0.737. The van der Waals surface area contributed by atoms with Crippen molar-refractivity contribution in [2.24, 2.45) is 0 Å². The first-order chi connectivity index (χ1) is 12.8. The molecule has 3 rings (SSSR count). The molecule has 142 valence electrons. The van der Waals surface area contributed by atoms with Crippen molar-refractivity contribution in [1.29, 1.82) is 0 Å². The fourth-order valence-electron chi connectivity index (χ4n) is 3.36. The summed E-state index contributed by atoms with van der Waals surface area (Å²) in [6, 6.07) is 12.7. The van der Waals surface area contributed by atoms with Gasteiger partial charge in [-0.05, 0) is 38.5 Å². The van der Waals surface area contributed by atoms with Crippen LogP contribution in [0.3, 0.4) is 0 Å². The molecular formula is C21H22ClNO4. The third-order valence-corrected chi connectivity index (χ3v) is 4.93. The summed E-state index contributed by atoms with van der Waals surface area (Å²) < 4.78 is 5.70. The minimum absolute atomic E-state index is 0.263. The highest BCUT2D eigenvalue weighted by Crippen LogP contribution is 2.46. The highest BCUT2D eigenvalue weighted by molar-refractivity contribution is 6.35. The zero-order valence-corrected chi connectivity index (χ0v) is 16.1. The van der Waals surface area contributed by atoms with Crippen LogP contribution in [0.4, 0.5) is 5.69 Å². The molecule has 2 aromatic carbocycles. The van der Waals surface area contributed by atoms with E-state index in [1.807, 2.05) is 31.2 Å². The Morgan fingerprint density at radius 1 is 1.22 bits per heavy atom. The molecule has 0 saturated heterocycles. The average molecular weight is 388 g/mol. The first-order valence-electron chi connectivity index (χ1n) is 8.85. The van der Waals surface area contributed by atoms with Gasteiger partial charge in [-0.15, -0.1) is 0 Å². The minimum atomic E-state index is -1.86. The third-order valence-electron chi connectivity index (χ3n) is 4.62. The van der Waals surface area contributed by atoms with Crippen molar-refractivity contribution in [2.75, 3.05) is 18.1 Å². The number of hydrogen-bond donors (Lipinski definition) is 1. The van der Waals surface area contributed by atoms with E-state index in [0.29, 0.717) is 35.8 Å². The van der Waals surface area contributed by atoms with Crippen LogP contribution in [0.2, 0.25) is 5.02 Å². The van der Waals surface area contributed by atoms with Crippen molar-refractivity contribution in [1.82, 2.24) is 0 Å². The molecule has 1 aliphatic rings. The Balaban J connectivity index is 1.73. The maximum atomic E-state index is 12.9. The lowest BCUT2D eigenvalue weighted by molar-refractivity contribution is -0.141. The molecule has 27 heavy (non-hydrogen) atoms. The van der Waals surface area contributed by atoms with E-state index in [1.165, 1.54) is 11.8 Å². The molecule has 0 spiro atoms. The number of amides is 1. The Labute approximate surface area is 163 Å². The van der Waals surface area contributed by atoms with E-state index in [0.717, 1.165) is 11.3 Å². The number of nitrogens with zero attached hydrogens (tertiary/aromatic N) is 1. The number of carbonyl (C=O) groups excluding carboxylic acids is 2. The molecule has 1 amide bonds. The van der Waals surface area contributed by atoms with Crippen molar-refractivity contribution in [2.45, 2.75) is 32.3 Å². The second-order valence-electron chi connectivity index (χ2n) is 6.85. The van der Waals surface area contributed by atoms with E-state index in [1.54, 1.807) is 18.2 Å². The molecule has 0 aliphatic carbocycles. The van der Waals surface area contributed by atoms with Gasteiger partial charge in [0, 0.05) is 18.5 Å². The Kier molecular flexibility index (Phi) is 5.53. The fraction of sp³-hybridized carbons (Fsp3) is 0.333. The summed E-state index contributed by atoms with van der Waals surface area (Å²) in [5.41, 5.74) is 0.156. The molecule has 1 aliphatic heterocycles. The van der Waals surface area contributed by atoms with Crippen LogP contribution in [0.15, 0.2) is 42.5 Å². The van der Waals surface area contributed by atoms with E-state index in [2.05, 4.69) is 0 Å². The number of aryl methyl sites for hydroxylation is 1. The van der Waals surface area contributed by atoms with Crippen LogP contribution in [-0.2, 0) is 15.2 Å². The number of rotatable bonds is 7. The van der Waals surface area contributed by atoms with Crippen LogP contribution in [-0.4, -0.2) is 29.9 Å². The maximum Gasteiger partial charge on any atom is 0.264 e. The Morgan fingerprint density at radius 2 is 1.93 bits per heavy atom. The molecule has 1 N–H and O–H groups in total. The van der Waals surface area contributed by atoms with E-state index in [4.69, 9.17) is 16.3 Å². The number of ketones is 1. The fourth-order valence-corrected chi connectivity index (χ4v) is 3.63. The normalized spacial score (nSPS) is 18.5. The summed E-state index contributed by atoms with van der Waals surface area (Å²) in [6.45, 7) is 4.11. The second-order valence-corrected chi connectivity index (χ2v) is 7.25. The highest BCUT2D eigenvalue weighted by atomic mass is 35.5. The number of halogens is 1. The third kappa shape index (κ3) is 3.84. The van der Waals surface area contributed by atoms with Crippen molar-refractivity contribution in [3.05, 3.63) is 58.6 Å². The summed E-state index contributed by atoms with van der Waals surface area (Å²) >= 11 is 6.30. The Bertz CT molecular complexity index is 865. The number of benzene rings is 2. The molecular weight excluding hydrogens is 366 g/mol. The summed E-state index contributed by atoms with van der Waals surface area (Å²) in [4.78, 5) is 26.0. The average Bonchev–Trinajstić information content (AvgIpc) is 2.82. The number of Topliss-reactive ketones (excluding diaryl/α,β-unsaturated/α-hetero) is 1. The molecule has 0 aromatic heterocycles. The number of hydrogen-bond acceptors (Lipinski definition) is 4. The first kappa shape index (κ1) is 19.4. The molecule has 1 unspecified atom stereocenters. The summed E-state index contributed by atoms with van der Waals surface area (Å²) in [5.74, 6) is -0.0164. The maximum absolute atomic E-state index is 12.9. The standard InChI is InChI=1S/C21H22ClNO4/c1-14-7-9-16(10-8-14)27-12-4-11-23-19-17(5-3-6-18(19)22)21(26,20(23)25)13-15(2)24/h3,5-10,26H,4,11-13H2,1-2H3. The van der Waals surface area contributed by atoms with Gasteiger partial charge >= 0.3 is 0 Å². The SMILES string of the molecule is CC(=O)CC1(O)C(=O)N(CCCOc2ccc(C)cc2)c2c(Cl)cccc21. The molecule has 6 heteroatoms. The monoisotopic (exact) mass is 387 g/mol. The van der Waals surface area contributed by atoms with E-state index in [9.17, 15) is 14.7 Å². The lowest BCUT2D eigenvalue weighted by atomic mass is 9.90. The van der Waals surface area contributed by atoms with E-state index >= 15 is 0 Å². The molecule has 0 fully saturated rings. The smallest absolute Gasteiger partial charge is 0.264 e. The van der Waals surface area contributed by atoms with Crippen LogP contribution < -0.4 is 9.64 Å². The lowest BCUT2D eigenvalue weighted by Crippen LogP contribution is -2.42. The summed E-state index contributed by atoms with van der Waals surface area (Å²) in [5, 5.41) is 11.3. The van der Waals surface area contributed by atoms with Gasteiger partial charge in [0.2, 0.25) is 0 Å². The van der Waals surface area contributed by atoms with Crippen molar-refractivity contribution < 1.29 is 19.4 Å². The molecule has 5 nitrogen and oxygen atoms in total. The largest absolute Gasteiger partial charge is 0.494 e. The molecule has 0 saturated carbocycles. The Morgan fingerprint density at radius 3 is 2.59 bits per heavy atom. The number of para-hydroxylation sites is 1. The van der Waals surface area contributed by atoms with Gasteiger partial charge in [0.05, 0.1) is 17.3 Å². The molecule has 2 aromatic rings. The summed E-state index contributed by atoms with van der Waals surface area (Å²) in [7, 11) is 0. The van der Waals surface area contributed by atoms with Crippen LogP contribution in [0, 0.1) is 6.92 Å². The van der Waals surface area contributed by atoms with Crippen LogP contribution in [0.5, 0.6) is 5.75 Å². The van der Waals surface area contributed by atoms with Gasteiger partial charge in [0.1, 0.15) is 11.5 Å². The van der Waals surface area contributed by atoms with E-state index < -0.39 is 11.5 Å². The zero-order valence-electron chi connectivity index (χ0n) is 15.4. The van der Waals surface area contributed by atoms with Crippen molar-refractivity contribution >= 4 is 29.0 Å². The highest BCUT2D eigenvalue weighted by Gasteiger charge is 2.50. The van der Waals surface area contributed by atoms with Gasteiger partial charge in [-0.1, -0.05) is 41.4 Å². The minimum Gasteiger partial charge on any atom is -0.494 e. The first-order valence-corrected chi connectivity index (χ1v) is 9.23. The predicted molar refractivity (Wildman–Crippen MR) is 104 cm³/mol. The number of ether oxygens (including phenoxy) is 1. The predicted octanol–water partition coefficient (Wildman–Crippen LogP) is 3.63. The van der Waals surface area contributed by atoms with Gasteiger partial charge in [0.15, 0.2) is 5.60 Å². The molecule has 0 bridgehead atoms. The van der Waals surface area contributed by atoms with Gasteiger partial charge < -0.3 is 14.7 Å². The Hall–Kier alpha value is -2.37. The van der Waals surface area contributed by atoms with Crippen LogP contribution in [0.1, 0.15) is 30.9 Å². The molecule has 0 radical (unpaired) electrons. The van der Waals surface area contributed by atoms with Gasteiger partial charge in [0.25, 0.3) is 5.91 Å². The second kappa shape index (κ2) is 7.71. The zero-order chi connectivity index (χ0) is 19.6. The number of carbonyl (C=O) groups is 2. The van der Waals surface area contributed by atoms with Gasteiger partial charge in [-0.3, -0.25) is 9.59 Å². The van der Waals surface area contributed by atoms with E-state index in [-0.39, 0.29) is 12.2 Å². The topological polar surface area (TPSA) is 66.8 Å². The lowest BCUT2D eigenvalue weighted by Gasteiger charge is -2.22. The van der Waals surface area contributed by atoms with Crippen molar-refractivity contribution in [3.8, 4) is 5.75 Å². The molecule has 1 atom stereocenters. The van der Waals surface area contributed by atoms with Crippen LogP contribution in [0.25, 0.3) is 0 Å². The summed E-state index contributed by atoms with van der Waals surface area (Å²) in [6.07, 6.45) is 0.288. The van der Waals surface area contributed by atoms with Crippen molar-refractivity contribution in [3.63, 3.8) is 0 Å². The van der Waals surface area contributed by atoms with Crippen LogP contribution >= 0.6 is 11.6 Å². The molecule has 1 heterocycles. The number of aliphatic hydroxyl groups is 1.